The number of aryl methyl sites for hydroxylation is 2. The summed E-state index contributed by atoms with van der Waals surface area (Å²) in [5, 5.41) is 12.4. The summed E-state index contributed by atoms with van der Waals surface area (Å²) in [6.07, 6.45) is 0.749. The van der Waals surface area contributed by atoms with Crippen LogP contribution in [0.15, 0.2) is 126 Å². The van der Waals surface area contributed by atoms with Crippen LogP contribution in [-0.4, -0.2) is 46.3 Å². The number of aromatic nitrogens is 2. The van der Waals surface area contributed by atoms with Gasteiger partial charge in [0.25, 0.3) is 5.91 Å². The first-order valence-electron chi connectivity index (χ1n) is 15.7. The van der Waals surface area contributed by atoms with Crippen molar-refractivity contribution in [2.45, 2.75) is 25.6 Å². The van der Waals surface area contributed by atoms with E-state index in [-0.39, 0.29) is 13.2 Å². The van der Waals surface area contributed by atoms with Gasteiger partial charge >= 0.3 is 5.97 Å². The highest BCUT2D eigenvalue weighted by Crippen LogP contribution is 2.31. The number of nitrogens with zero attached hydrogens (tertiary/aromatic N) is 2. The number of ether oxygens (including phenoxy) is 3. The highest BCUT2D eigenvalue weighted by molar-refractivity contribution is 9.10. The van der Waals surface area contributed by atoms with Crippen LogP contribution in [0.4, 0.5) is 0 Å². The van der Waals surface area contributed by atoms with Crippen LogP contribution in [-0.2, 0) is 29.1 Å². The number of benzene rings is 5. The Labute approximate surface area is 292 Å². The molecule has 0 radical (unpaired) electrons. The third-order valence-corrected chi connectivity index (χ3v) is 8.46. The van der Waals surface area contributed by atoms with Gasteiger partial charge < -0.3 is 29.2 Å². The number of carboxylic acid groups (broad SMARTS) is 1. The van der Waals surface area contributed by atoms with E-state index < -0.39 is 17.9 Å². The Morgan fingerprint density at radius 3 is 2.33 bits per heavy atom. The van der Waals surface area contributed by atoms with Crippen molar-refractivity contribution >= 4 is 38.8 Å². The standard InChI is InChI=1S/C39H34BrN3O6/c1-47-31-15-17-32(18-16-31)49-33-9-5-8-28(22-33)37-41-34-23-29(12-19-36(34)43(37)21-20-26-10-13-30(40)14-11-26)38(44)42-35(39(45)46)25-48-24-27-6-3-2-4-7-27/h2-19,22-23,35H,20-21,24-25H2,1H3,(H,42,44)(H,45,46). The summed E-state index contributed by atoms with van der Waals surface area (Å²) >= 11 is 3.50. The van der Waals surface area contributed by atoms with Crippen LogP contribution in [0.5, 0.6) is 17.2 Å². The molecule has 49 heavy (non-hydrogen) atoms. The predicted molar refractivity (Wildman–Crippen MR) is 191 cm³/mol. The molecule has 5 aromatic carbocycles. The smallest absolute Gasteiger partial charge is 0.328 e. The van der Waals surface area contributed by atoms with Gasteiger partial charge in [0.1, 0.15) is 23.1 Å². The van der Waals surface area contributed by atoms with E-state index in [0.29, 0.717) is 34.9 Å². The molecule has 2 N–H and O–H groups in total. The normalized spacial score (nSPS) is 11.6. The molecule has 1 unspecified atom stereocenters. The van der Waals surface area contributed by atoms with Crippen LogP contribution in [0.1, 0.15) is 21.5 Å². The lowest BCUT2D eigenvalue weighted by atomic mass is 10.1. The van der Waals surface area contributed by atoms with Gasteiger partial charge in [-0.15, -0.1) is 0 Å². The van der Waals surface area contributed by atoms with E-state index in [9.17, 15) is 14.7 Å². The molecule has 1 atom stereocenters. The Bertz CT molecular complexity index is 2050. The fourth-order valence-corrected chi connectivity index (χ4v) is 5.64. The largest absolute Gasteiger partial charge is 0.497 e. The minimum Gasteiger partial charge on any atom is -0.497 e. The van der Waals surface area contributed by atoms with Crippen LogP contribution in [0.3, 0.4) is 0 Å². The van der Waals surface area contributed by atoms with Crippen molar-refractivity contribution in [3.05, 3.63) is 142 Å². The Kier molecular flexibility index (Phi) is 10.7. The molecule has 0 saturated heterocycles. The van der Waals surface area contributed by atoms with Gasteiger partial charge in [0, 0.05) is 22.1 Å². The van der Waals surface area contributed by atoms with Crippen molar-refractivity contribution in [1.29, 1.82) is 0 Å². The molecule has 1 heterocycles. The molecule has 0 saturated carbocycles. The fraction of sp³-hybridized carbons (Fsp3) is 0.154. The molecule has 0 aliphatic rings. The Hall–Kier alpha value is -5.45. The molecular weight excluding hydrogens is 686 g/mol. The van der Waals surface area contributed by atoms with E-state index in [1.807, 2.05) is 97.1 Å². The van der Waals surface area contributed by atoms with Crippen molar-refractivity contribution in [2.75, 3.05) is 13.7 Å². The molecular formula is C39H34BrN3O6. The van der Waals surface area contributed by atoms with Crippen molar-refractivity contribution in [2.24, 2.45) is 0 Å². The van der Waals surface area contributed by atoms with Gasteiger partial charge in [-0.05, 0) is 84.3 Å². The lowest BCUT2D eigenvalue weighted by Crippen LogP contribution is -2.44. The van der Waals surface area contributed by atoms with Crippen LogP contribution in [0, 0.1) is 0 Å². The number of rotatable bonds is 14. The lowest BCUT2D eigenvalue weighted by Gasteiger charge is -2.15. The number of carboxylic acids is 1. The average Bonchev–Trinajstić information content (AvgIpc) is 3.49. The number of nitrogens with one attached hydrogen (secondary N) is 1. The second-order valence-electron chi connectivity index (χ2n) is 11.3. The van der Waals surface area contributed by atoms with Crippen molar-refractivity contribution < 1.29 is 28.9 Å². The summed E-state index contributed by atoms with van der Waals surface area (Å²) in [6, 6.07) is 36.7. The van der Waals surface area contributed by atoms with Gasteiger partial charge in [0.2, 0.25) is 0 Å². The molecule has 0 aliphatic heterocycles. The van der Waals surface area contributed by atoms with Crippen molar-refractivity contribution in [1.82, 2.24) is 14.9 Å². The molecule has 1 amide bonds. The number of imidazole rings is 1. The van der Waals surface area contributed by atoms with E-state index in [4.69, 9.17) is 19.2 Å². The molecule has 1 aromatic heterocycles. The summed E-state index contributed by atoms with van der Waals surface area (Å²) < 4.78 is 20.2. The third kappa shape index (κ3) is 8.53. The average molecular weight is 721 g/mol. The Balaban J connectivity index is 1.26. The monoisotopic (exact) mass is 719 g/mol. The number of carbonyl (C=O) groups excluding carboxylic acids is 1. The highest BCUT2D eigenvalue weighted by Gasteiger charge is 2.22. The SMILES string of the molecule is COc1ccc(Oc2cccc(-c3nc4cc(C(=O)NC(COCc5ccccc5)C(=O)O)ccc4n3CCc3ccc(Br)cc3)c2)cc1. The van der Waals surface area contributed by atoms with Crippen LogP contribution >= 0.6 is 15.9 Å². The zero-order chi connectivity index (χ0) is 34.2. The first-order valence-corrected chi connectivity index (χ1v) is 16.5. The zero-order valence-corrected chi connectivity index (χ0v) is 28.3. The molecule has 6 rings (SSSR count). The number of fused-ring (bicyclic) bond motifs is 1. The first-order chi connectivity index (χ1) is 23.9. The van der Waals surface area contributed by atoms with Crippen LogP contribution < -0.4 is 14.8 Å². The van der Waals surface area contributed by atoms with Crippen molar-refractivity contribution in [3.8, 4) is 28.6 Å². The predicted octanol–water partition coefficient (Wildman–Crippen LogP) is 7.91. The van der Waals surface area contributed by atoms with Gasteiger partial charge in [-0.2, -0.15) is 0 Å². The van der Waals surface area contributed by atoms with E-state index >= 15 is 0 Å². The van der Waals surface area contributed by atoms with Gasteiger partial charge in [-0.25, -0.2) is 9.78 Å². The number of carbonyl (C=O) groups is 2. The summed E-state index contributed by atoms with van der Waals surface area (Å²) in [5.41, 5.74) is 4.65. The number of amides is 1. The summed E-state index contributed by atoms with van der Waals surface area (Å²) in [4.78, 5) is 30.3. The second kappa shape index (κ2) is 15.6. The van der Waals surface area contributed by atoms with Crippen molar-refractivity contribution in [3.63, 3.8) is 0 Å². The van der Waals surface area contributed by atoms with E-state index in [0.717, 1.165) is 38.9 Å². The maximum Gasteiger partial charge on any atom is 0.328 e. The quantitative estimate of drug-likeness (QED) is 0.118. The Morgan fingerprint density at radius 2 is 1.59 bits per heavy atom. The minimum atomic E-state index is -1.22. The summed E-state index contributed by atoms with van der Waals surface area (Å²) in [7, 11) is 1.62. The maximum absolute atomic E-state index is 13.3. The number of methoxy groups -OCH3 is 1. The zero-order valence-electron chi connectivity index (χ0n) is 26.7. The number of aliphatic carboxylic acids is 1. The molecule has 6 aromatic rings. The molecule has 0 spiro atoms. The van der Waals surface area contributed by atoms with Crippen LogP contribution in [0.2, 0.25) is 0 Å². The summed E-state index contributed by atoms with van der Waals surface area (Å²) in [6.45, 7) is 0.684. The molecule has 0 aliphatic carbocycles. The number of halogens is 1. The second-order valence-corrected chi connectivity index (χ2v) is 12.3. The van der Waals surface area contributed by atoms with Gasteiger partial charge in [-0.1, -0.05) is 70.5 Å². The van der Waals surface area contributed by atoms with Gasteiger partial charge in [0.05, 0.1) is 31.4 Å². The first kappa shape index (κ1) is 33.5. The number of hydrogen-bond donors (Lipinski definition) is 2. The maximum atomic E-state index is 13.3. The topological polar surface area (TPSA) is 112 Å². The molecule has 9 nitrogen and oxygen atoms in total. The molecule has 0 bridgehead atoms. The minimum absolute atomic E-state index is 0.179. The van der Waals surface area contributed by atoms with E-state index in [2.05, 4.69) is 37.9 Å². The van der Waals surface area contributed by atoms with Gasteiger partial charge in [0.15, 0.2) is 6.04 Å². The van der Waals surface area contributed by atoms with Crippen LogP contribution in [0.25, 0.3) is 22.4 Å². The highest BCUT2D eigenvalue weighted by atomic mass is 79.9. The fourth-order valence-electron chi connectivity index (χ4n) is 5.37. The lowest BCUT2D eigenvalue weighted by molar-refractivity contribution is -0.141. The number of hydrogen-bond acceptors (Lipinski definition) is 6. The molecule has 248 valence electrons. The van der Waals surface area contributed by atoms with E-state index in [1.54, 1.807) is 19.2 Å². The van der Waals surface area contributed by atoms with E-state index in [1.165, 1.54) is 0 Å². The van der Waals surface area contributed by atoms with Gasteiger partial charge in [-0.3, -0.25) is 4.79 Å². The summed E-state index contributed by atoms with van der Waals surface area (Å²) in [5.74, 6) is 1.05. The Morgan fingerprint density at radius 1 is 0.837 bits per heavy atom. The molecule has 10 heteroatoms. The molecule has 0 fully saturated rings. The third-order valence-electron chi connectivity index (χ3n) is 7.93.